The van der Waals surface area contributed by atoms with Crippen molar-refractivity contribution in [3.8, 4) is 5.69 Å². The van der Waals surface area contributed by atoms with Gasteiger partial charge in [0.1, 0.15) is 5.82 Å². The van der Waals surface area contributed by atoms with E-state index in [0.29, 0.717) is 22.9 Å². The monoisotopic (exact) mass is 301 g/mol. The summed E-state index contributed by atoms with van der Waals surface area (Å²) in [5.41, 5.74) is 3.60. The maximum Gasteiger partial charge on any atom is 0.199 e. The highest BCUT2D eigenvalue weighted by Crippen LogP contribution is 2.44. The second-order valence-electron chi connectivity index (χ2n) is 6.18. The highest BCUT2D eigenvalue weighted by atomic mass is 32.1. The molecular formula is C16H19N3OS. The molecule has 2 fully saturated rings. The SMILES string of the molecule is Cc1cccc(C)c1-n1c(C2CC3CCC2O3)n[nH]c1=S. The lowest BCUT2D eigenvalue weighted by Gasteiger charge is -2.20. The second kappa shape index (κ2) is 4.78. The number of aromatic amines is 1. The van der Waals surface area contributed by atoms with Gasteiger partial charge in [-0.25, -0.2) is 0 Å². The van der Waals surface area contributed by atoms with Gasteiger partial charge in [0, 0.05) is 5.92 Å². The second-order valence-corrected chi connectivity index (χ2v) is 6.57. The predicted octanol–water partition coefficient (Wildman–Crippen LogP) is 3.58. The highest BCUT2D eigenvalue weighted by Gasteiger charge is 2.43. The first-order valence-electron chi connectivity index (χ1n) is 7.54. The van der Waals surface area contributed by atoms with Gasteiger partial charge in [0.25, 0.3) is 0 Å². The Balaban J connectivity index is 1.87. The molecule has 0 saturated carbocycles. The van der Waals surface area contributed by atoms with Crippen molar-refractivity contribution in [3.05, 3.63) is 39.9 Å². The molecule has 0 amide bonds. The first-order valence-corrected chi connectivity index (χ1v) is 7.95. The molecule has 4 rings (SSSR count). The fourth-order valence-electron chi connectivity index (χ4n) is 3.84. The molecule has 5 heteroatoms. The topological polar surface area (TPSA) is 42.8 Å². The predicted molar refractivity (Wildman–Crippen MR) is 83.5 cm³/mol. The largest absolute Gasteiger partial charge is 0.374 e. The first-order chi connectivity index (χ1) is 10.1. The van der Waals surface area contributed by atoms with Crippen LogP contribution in [0.25, 0.3) is 5.69 Å². The Labute approximate surface area is 129 Å². The lowest BCUT2D eigenvalue weighted by atomic mass is 9.88. The molecule has 0 spiro atoms. The van der Waals surface area contributed by atoms with Gasteiger partial charge in [-0.3, -0.25) is 9.67 Å². The minimum atomic E-state index is 0.309. The smallest absolute Gasteiger partial charge is 0.199 e. The van der Waals surface area contributed by atoms with Crippen LogP contribution >= 0.6 is 12.2 Å². The fraction of sp³-hybridized carbons (Fsp3) is 0.500. The summed E-state index contributed by atoms with van der Waals surface area (Å²) in [7, 11) is 0. The number of ether oxygens (including phenoxy) is 1. The fourth-order valence-corrected chi connectivity index (χ4v) is 4.07. The molecule has 3 atom stereocenters. The van der Waals surface area contributed by atoms with Crippen LogP contribution in [0.15, 0.2) is 18.2 Å². The van der Waals surface area contributed by atoms with E-state index in [1.165, 1.54) is 17.5 Å². The lowest BCUT2D eigenvalue weighted by molar-refractivity contribution is 0.0997. The third kappa shape index (κ3) is 1.99. The zero-order chi connectivity index (χ0) is 14.6. The summed E-state index contributed by atoms with van der Waals surface area (Å²) >= 11 is 5.50. The Morgan fingerprint density at radius 3 is 2.67 bits per heavy atom. The van der Waals surface area contributed by atoms with E-state index in [1.807, 2.05) is 0 Å². The molecule has 2 aromatic rings. The number of H-pyrrole nitrogens is 1. The maximum absolute atomic E-state index is 6.00. The molecule has 2 aliphatic rings. The summed E-state index contributed by atoms with van der Waals surface area (Å²) in [4.78, 5) is 0. The van der Waals surface area contributed by atoms with E-state index in [9.17, 15) is 0 Å². The number of fused-ring (bicyclic) bond motifs is 2. The zero-order valence-corrected chi connectivity index (χ0v) is 13.1. The number of rotatable bonds is 2. The van der Waals surface area contributed by atoms with Crippen molar-refractivity contribution in [1.82, 2.24) is 14.8 Å². The number of para-hydroxylation sites is 1. The summed E-state index contributed by atoms with van der Waals surface area (Å²) in [6, 6.07) is 6.33. The molecule has 0 aliphatic carbocycles. The normalized spacial score (nSPS) is 27.4. The number of nitrogens with one attached hydrogen (secondary N) is 1. The Morgan fingerprint density at radius 2 is 2.05 bits per heavy atom. The van der Waals surface area contributed by atoms with E-state index in [2.05, 4.69) is 46.8 Å². The third-order valence-corrected chi connectivity index (χ3v) is 5.07. The van der Waals surface area contributed by atoms with Gasteiger partial charge >= 0.3 is 0 Å². The minimum absolute atomic E-state index is 0.309. The number of aryl methyl sites for hydroxylation is 2. The summed E-state index contributed by atoms with van der Waals surface area (Å²) < 4.78 is 8.79. The van der Waals surface area contributed by atoms with E-state index in [0.717, 1.165) is 24.4 Å². The van der Waals surface area contributed by atoms with Crippen molar-refractivity contribution in [3.63, 3.8) is 0 Å². The van der Waals surface area contributed by atoms with Gasteiger partial charge in [-0.2, -0.15) is 5.10 Å². The van der Waals surface area contributed by atoms with Gasteiger partial charge in [0.05, 0.1) is 17.9 Å². The van der Waals surface area contributed by atoms with E-state index in [4.69, 9.17) is 17.0 Å². The summed E-state index contributed by atoms with van der Waals surface area (Å²) in [6.07, 6.45) is 4.12. The van der Waals surface area contributed by atoms with E-state index in [1.54, 1.807) is 0 Å². The van der Waals surface area contributed by atoms with Crippen molar-refractivity contribution in [2.24, 2.45) is 0 Å². The zero-order valence-electron chi connectivity index (χ0n) is 12.3. The van der Waals surface area contributed by atoms with Gasteiger partial charge in [-0.05, 0) is 56.5 Å². The highest BCUT2D eigenvalue weighted by molar-refractivity contribution is 7.71. The Kier molecular flexibility index (Phi) is 3.01. The molecule has 4 nitrogen and oxygen atoms in total. The van der Waals surface area contributed by atoms with E-state index >= 15 is 0 Å². The van der Waals surface area contributed by atoms with Gasteiger partial charge in [0.15, 0.2) is 4.77 Å². The lowest BCUT2D eigenvalue weighted by Crippen LogP contribution is -2.19. The third-order valence-electron chi connectivity index (χ3n) is 4.80. The van der Waals surface area contributed by atoms with Crippen molar-refractivity contribution < 1.29 is 4.74 Å². The molecule has 3 unspecified atom stereocenters. The molecule has 2 aliphatic heterocycles. The standard InChI is InChI=1S/C16H19N3OS/c1-9-4-3-5-10(2)14(9)19-15(17-18-16(19)21)12-8-11-6-7-13(12)20-11/h3-5,11-13H,6-8H2,1-2H3,(H,18,21). The summed E-state index contributed by atoms with van der Waals surface area (Å²) in [6.45, 7) is 4.25. The Bertz CT molecular complexity index is 728. The molecule has 3 heterocycles. The average Bonchev–Trinajstić information content (AvgIpc) is 3.15. The summed E-state index contributed by atoms with van der Waals surface area (Å²) in [5, 5.41) is 7.53. The number of hydrogen-bond acceptors (Lipinski definition) is 3. The van der Waals surface area contributed by atoms with Gasteiger partial charge in [-0.15, -0.1) is 0 Å². The molecule has 1 aromatic carbocycles. The van der Waals surface area contributed by atoms with Crippen molar-refractivity contribution in [2.45, 2.75) is 51.2 Å². The van der Waals surface area contributed by atoms with Crippen LogP contribution in [-0.4, -0.2) is 27.0 Å². The van der Waals surface area contributed by atoms with Crippen LogP contribution in [-0.2, 0) is 4.74 Å². The molecular weight excluding hydrogens is 282 g/mol. The van der Waals surface area contributed by atoms with Crippen LogP contribution in [0.4, 0.5) is 0 Å². The number of benzene rings is 1. The molecule has 21 heavy (non-hydrogen) atoms. The van der Waals surface area contributed by atoms with Crippen LogP contribution in [0.3, 0.4) is 0 Å². The van der Waals surface area contributed by atoms with Crippen LogP contribution in [0.1, 0.15) is 42.1 Å². The minimum Gasteiger partial charge on any atom is -0.374 e. The van der Waals surface area contributed by atoms with Crippen LogP contribution < -0.4 is 0 Å². The Hall–Kier alpha value is -1.46. The summed E-state index contributed by atoms with van der Waals surface area (Å²) in [5.74, 6) is 1.39. The van der Waals surface area contributed by atoms with Crippen LogP contribution in [0.2, 0.25) is 0 Å². The van der Waals surface area contributed by atoms with E-state index < -0.39 is 0 Å². The number of nitrogens with zero attached hydrogens (tertiary/aromatic N) is 2. The number of aromatic nitrogens is 3. The van der Waals surface area contributed by atoms with Gasteiger partial charge in [-0.1, -0.05) is 18.2 Å². The average molecular weight is 301 g/mol. The molecule has 0 radical (unpaired) electrons. The maximum atomic E-state index is 6.00. The van der Waals surface area contributed by atoms with Crippen LogP contribution in [0.5, 0.6) is 0 Å². The van der Waals surface area contributed by atoms with Gasteiger partial charge < -0.3 is 4.74 Å². The molecule has 1 aromatic heterocycles. The molecule has 110 valence electrons. The van der Waals surface area contributed by atoms with Crippen molar-refractivity contribution >= 4 is 12.2 Å². The van der Waals surface area contributed by atoms with E-state index in [-0.39, 0.29) is 0 Å². The molecule has 1 N–H and O–H groups in total. The molecule has 2 bridgehead atoms. The first kappa shape index (κ1) is 13.2. The van der Waals surface area contributed by atoms with Crippen molar-refractivity contribution in [1.29, 1.82) is 0 Å². The van der Waals surface area contributed by atoms with Crippen molar-refractivity contribution in [2.75, 3.05) is 0 Å². The van der Waals surface area contributed by atoms with Gasteiger partial charge in [0.2, 0.25) is 0 Å². The quantitative estimate of drug-likeness (QED) is 0.862. The Morgan fingerprint density at radius 1 is 1.29 bits per heavy atom. The molecule has 2 saturated heterocycles. The number of hydrogen-bond donors (Lipinski definition) is 1. The van der Waals surface area contributed by atoms with Crippen LogP contribution in [0, 0.1) is 18.6 Å².